The smallest absolute Gasteiger partial charge is 0.262 e. The van der Waals surface area contributed by atoms with Gasteiger partial charge in [0.05, 0.1) is 11.4 Å². The molecule has 0 aliphatic rings. The second-order valence-corrected chi connectivity index (χ2v) is 5.43. The van der Waals surface area contributed by atoms with E-state index in [0.29, 0.717) is 17.3 Å². The van der Waals surface area contributed by atoms with Crippen LogP contribution in [0.25, 0.3) is 5.69 Å². The van der Waals surface area contributed by atoms with Crippen molar-refractivity contribution in [1.29, 1.82) is 0 Å². The third-order valence-corrected chi connectivity index (χ3v) is 3.46. The van der Waals surface area contributed by atoms with Crippen molar-refractivity contribution in [3.8, 4) is 11.4 Å². The summed E-state index contributed by atoms with van der Waals surface area (Å²) in [7, 11) is 0. The first-order chi connectivity index (χ1) is 12.0. The number of aromatic nitrogens is 3. The van der Waals surface area contributed by atoms with E-state index in [-0.39, 0.29) is 18.3 Å². The molecular weight excluding hydrogens is 323 g/mol. The highest BCUT2D eigenvalue weighted by Gasteiger charge is 2.12. The molecule has 128 valence electrons. The summed E-state index contributed by atoms with van der Waals surface area (Å²) < 4.78 is 19.9. The first-order valence-corrected chi connectivity index (χ1v) is 7.71. The van der Waals surface area contributed by atoms with Gasteiger partial charge in [0.2, 0.25) is 0 Å². The molecule has 1 heterocycles. The Kier molecular flexibility index (Phi) is 4.74. The summed E-state index contributed by atoms with van der Waals surface area (Å²) in [4.78, 5) is 16.4. The zero-order chi connectivity index (χ0) is 17.8. The molecule has 3 aromatic rings. The Morgan fingerprint density at radius 3 is 2.56 bits per heavy atom. The Bertz CT molecular complexity index is 890. The number of benzene rings is 2. The van der Waals surface area contributed by atoms with Crippen molar-refractivity contribution in [2.24, 2.45) is 0 Å². The molecule has 3 rings (SSSR count). The molecule has 0 fully saturated rings. The Labute approximate surface area is 144 Å². The molecule has 0 saturated carbocycles. The van der Waals surface area contributed by atoms with E-state index in [1.807, 2.05) is 25.1 Å². The molecule has 0 spiro atoms. The summed E-state index contributed by atoms with van der Waals surface area (Å²) >= 11 is 0. The van der Waals surface area contributed by atoms with Crippen LogP contribution in [0.15, 0.2) is 48.5 Å². The average Bonchev–Trinajstić information content (AvgIpc) is 2.93. The number of nitrogens with zero attached hydrogens (tertiary/aromatic N) is 3. The van der Waals surface area contributed by atoms with E-state index in [1.165, 1.54) is 24.3 Å². The molecule has 0 bridgehead atoms. The number of anilines is 1. The highest BCUT2D eigenvalue weighted by molar-refractivity contribution is 5.93. The van der Waals surface area contributed by atoms with Crippen molar-refractivity contribution in [3.05, 3.63) is 66.0 Å². The second kappa shape index (κ2) is 7.12. The van der Waals surface area contributed by atoms with Crippen molar-refractivity contribution in [3.63, 3.8) is 0 Å². The highest BCUT2D eigenvalue weighted by atomic mass is 19.1. The van der Waals surface area contributed by atoms with Crippen LogP contribution in [0, 0.1) is 19.7 Å². The molecule has 1 amide bonds. The van der Waals surface area contributed by atoms with Gasteiger partial charge >= 0.3 is 0 Å². The molecule has 0 radical (unpaired) electrons. The van der Waals surface area contributed by atoms with Crippen LogP contribution >= 0.6 is 0 Å². The second-order valence-electron chi connectivity index (χ2n) is 5.43. The Morgan fingerprint density at radius 1 is 1.16 bits per heavy atom. The quantitative estimate of drug-likeness (QED) is 0.775. The van der Waals surface area contributed by atoms with E-state index in [4.69, 9.17) is 4.74 Å². The van der Waals surface area contributed by atoms with Crippen LogP contribution in [0.5, 0.6) is 5.75 Å². The number of ether oxygens (including phenoxy) is 1. The maximum Gasteiger partial charge on any atom is 0.262 e. The summed E-state index contributed by atoms with van der Waals surface area (Å²) in [5, 5.41) is 7.14. The van der Waals surface area contributed by atoms with Crippen molar-refractivity contribution in [2.45, 2.75) is 13.8 Å². The maximum atomic E-state index is 12.9. The zero-order valence-electron chi connectivity index (χ0n) is 13.9. The third-order valence-electron chi connectivity index (χ3n) is 3.46. The van der Waals surface area contributed by atoms with Crippen LogP contribution in [-0.4, -0.2) is 27.3 Å². The predicted molar refractivity (Wildman–Crippen MR) is 91.4 cm³/mol. The summed E-state index contributed by atoms with van der Waals surface area (Å²) in [5.74, 6) is 1.11. The first kappa shape index (κ1) is 16.6. The molecule has 25 heavy (non-hydrogen) atoms. The highest BCUT2D eigenvalue weighted by Crippen LogP contribution is 2.20. The standard InChI is InChI=1S/C18H17FN4O2/c1-12-20-13(2)23(22-12)17-6-4-3-5-16(17)21-18(24)11-25-15-9-7-14(19)8-10-15/h3-10H,11H2,1-2H3,(H,21,24). The molecule has 0 saturated heterocycles. The van der Waals surface area contributed by atoms with Gasteiger partial charge in [-0.15, -0.1) is 0 Å². The lowest BCUT2D eigenvalue weighted by Gasteiger charge is -2.12. The van der Waals surface area contributed by atoms with E-state index in [2.05, 4.69) is 15.4 Å². The van der Waals surface area contributed by atoms with Crippen molar-refractivity contribution in [1.82, 2.24) is 14.8 Å². The van der Waals surface area contributed by atoms with Crippen LogP contribution in [0.2, 0.25) is 0 Å². The number of hydrogen-bond acceptors (Lipinski definition) is 4. The minimum atomic E-state index is -0.357. The van der Waals surface area contributed by atoms with Gasteiger partial charge in [0.15, 0.2) is 6.61 Å². The van der Waals surface area contributed by atoms with Crippen LogP contribution in [0.4, 0.5) is 10.1 Å². The molecule has 2 aromatic carbocycles. The Balaban J connectivity index is 1.71. The fourth-order valence-electron chi connectivity index (χ4n) is 2.38. The average molecular weight is 340 g/mol. The lowest BCUT2D eigenvalue weighted by Crippen LogP contribution is -2.21. The van der Waals surface area contributed by atoms with Crippen LogP contribution in [-0.2, 0) is 4.79 Å². The number of nitrogens with one attached hydrogen (secondary N) is 1. The molecular formula is C18H17FN4O2. The van der Waals surface area contributed by atoms with Gasteiger partial charge in [-0.3, -0.25) is 4.79 Å². The van der Waals surface area contributed by atoms with Crippen molar-refractivity contribution < 1.29 is 13.9 Å². The molecule has 6 nitrogen and oxygen atoms in total. The van der Waals surface area contributed by atoms with E-state index in [0.717, 1.165) is 11.5 Å². The zero-order valence-corrected chi connectivity index (χ0v) is 13.9. The lowest BCUT2D eigenvalue weighted by atomic mass is 10.2. The van der Waals surface area contributed by atoms with E-state index < -0.39 is 0 Å². The predicted octanol–water partition coefficient (Wildman–Crippen LogP) is 3.04. The van der Waals surface area contributed by atoms with Gasteiger partial charge in [-0.1, -0.05) is 12.1 Å². The number of hydrogen-bond donors (Lipinski definition) is 1. The fraction of sp³-hybridized carbons (Fsp3) is 0.167. The molecule has 0 atom stereocenters. The number of aryl methyl sites for hydroxylation is 2. The van der Waals surface area contributed by atoms with Gasteiger partial charge in [-0.25, -0.2) is 14.1 Å². The van der Waals surface area contributed by atoms with Gasteiger partial charge in [0, 0.05) is 0 Å². The SMILES string of the molecule is Cc1nc(C)n(-c2ccccc2NC(=O)COc2ccc(F)cc2)n1. The molecule has 0 aliphatic carbocycles. The number of carbonyl (C=O) groups excluding carboxylic acids is 1. The van der Waals surface area contributed by atoms with Crippen molar-refractivity contribution in [2.75, 3.05) is 11.9 Å². The summed E-state index contributed by atoms with van der Waals surface area (Å²) in [6.07, 6.45) is 0. The number of para-hydroxylation sites is 2. The summed E-state index contributed by atoms with van der Waals surface area (Å²) in [6.45, 7) is 3.47. The Hall–Kier alpha value is -3.22. The molecule has 0 aliphatic heterocycles. The van der Waals surface area contributed by atoms with Gasteiger partial charge in [-0.2, -0.15) is 5.10 Å². The number of carbonyl (C=O) groups is 1. The van der Waals surface area contributed by atoms with Gasteiger partial charge < -0.3 is 10.1 Å². The monoisotopic (exact) mass is 340 g/mol. The molecule has 1 aromatic heterocycles. The first-order valence-electron chi connectivity index (χ1n) is 7.71. The summed E-state index contributed by atoms with van der Waals surface area (Å²) in [6, 6.07) is 12.8. The van der Waals surface area contributed by atoms with Crippen LogP contribution in [0.3, 0.4) is 0 Å². The third kappa shape index (κ3) is 4.00. The topological polar surface area (TPSA) is 69.0 Å². The van der Waals surface area contributed by atoms with E-state index in [1.54, 1.807) is 17.7 Å². The minimum Gasteiger partial charge on any atom is -0.484 e. The number of rotatable bonds is 5. The largest absolute Gasteiger partial charge is 0.484 e. The number of halogens is 1. The van der Waals surface area contributed by atoms with Crippen LogP contribution in [0.1, 0.15) is 11.6 Å². The number of amides is 1. The van der Waals surface area contributed by atoms with Crippen molar-refractivity contribution >= 4 is 11.6 Å². The maximum absolute atomic E-state index is 12.9. The molecule has 0 unspecified atom stereocenters. The minimum absolute atomic E-state index is 0.185. The molecule has 1 N–H and O–H groups in total. The normalized spacial score (nSPS) is 10.5. The lowest BCUT2D eigenvalue weighted by molar-refractivity contribution is -0.118. The summed E-state index contributed by atoms with van der Waals surface area (Å²) in [5.41, 5.74) is 1.32. The van der Waals surface area contributed by atoms with E-state index >= 15 is 0 Å². The van der Waals surface area contributed by atoms with E-state index in [9.17, 15) is 9.18 Å². The van der Waals surface area contributed by atoms with Gasteiger partial charge in [0.25, 0.3) is 5.91 Å². The fourth-order valence-corrected chi connectivity index (χ4v) is 2.38. The van der Waals surface area contributed by atoms with Gasteiger partial charge in [0.1, 0.15) is 23.2 Å². The van der Waals surface area contributed by atoms with Crippen LogP contribution < -0.4 is 10.1 Å². The Morgan fingerprint density at radius 2 is 1.88 bits per heavy atom. The van der Waals surface area contributed by atoms with Gasteiger partial charge in [-0.05, 0) is 50.2 Å². The molecule has 7 heteroatoms.